The Kier molecular flexibility index (Phi) is 4.67. The van der Waals surface area contributed by atoms with Gasteiger partial charge in [0, 0.05) is 10.9 Å². The third-order valence-electron chi connectivity index (χ3n) is 3.37. The second-order valence-corrected chi connectivity index (χ2v) is 6.03. The molecule has 1 nitrogen and oxygen atoms in total. The van der Waals surface area contributed by atoms with Crippen LogP contribution in [0.25, 0.3) is 0 Å². The number of aliphatic hydroxyl groups excluding tert-OH is 1. The summed E-state index contributed by atoms with van der Waals surface area (Å²) in [4.78, 5) is 0. The highest BCUT2D eigenvalue weighted by Crippen LogP contribution is 2.28. The molecule has 1 N–H and O–H groups in total. The number of hydrogen-bond acceptors (Lipinski definition) is 1. The van der Waals surface area contributed by atoms with Gasteiger partial charge in [0.15, 0.2) is 0 Å². The van der Waals surface area contributed by atoms with Gasteiger partial charge < -0.3 is 5.11 Å². The van der Waals surface area contributed by atoms with Crippen LogP contribution in [-0.2, 0) is 6.42 Å². The Bertz CT molecular complexity index is 575. The second-order valence-electron chi connectivity index (χ2n) is 4.76. The average Bonchev–Trinajstić information content (AvgIpc) is 2.37. The molecule has 1 atom stereocenters. The van der Waals surface area contributed by atoms with Gasteiger partial charge in [-0.25, -0.2) is 0 Å². The molecule has 0 fully saturated rings. The molecular formula is C16H16BrClO. The Balaban J connectivity index is 2.25. The molecule has 100 valence electrons. The fourth-order valence-electron chi connectivity index (χ4n) is 2.20. The molecule has 0 aliphatic carbocycles. The Labute approximate surface area is 127 Å². The van der Waals surface area contributed by atoms with Gasteiger partial charge in [0.05, 0.1) is 11.1 Å². The summed E-state index contributed by atoms with van der Waals surface area (Å²) in [6, 6.07) is 11.7. The normalized spacial score (nSPS) is 12.5. The van der Waals surface area contributed by atoms with E-state index in [0.29, 0.717) is 11.4 Å². The van der Waals surface area contributed by atoms with E-state index < -0.39 is 6.10 Å². The molecule has 0 saturated heterocycles. The largest absolute Gasteiger partial charge is 0.388 e. The van der Waals surface area contributed by atoms with Gasteiger partial charge in [0.2, 0.25) is 0 Å². The van der Waals surface area contributed by atoms with Crippen LogP contribution in [0.5, 0.6) is 0 Å². The standard InChI is InChI=1S/C16H16BrClO/c1-10-4-3-5-11(2)13(10)9-16(19)12-6-7-15(18)14(17)8-12/h3-8,16,19H,9H2,1-2H3. The van der Waals surface area contributed by atoms with Crippen molar-refractivity contribution in [3.8, 4) is 0 Å². The maximum atomic E-state index is 10.4. The number of aryl methyl sites for hydroxylation is 2. The maximum absolute atomic E-state index is 10.4. The van der Waals surface area contributed by atoms with E-state index in [1.165, 1.54) is 16.7 Å². The Morgan fingerprint density at radius 1 is 1.16 bits per heavy atom. The molecule has 0 amide bonds. The van der Waals surface area contributed by atoms with Crippen molar-refractivity contribution in [3.05, 3.63) is 68.1 Å². The Morgan fingerprint density at radius 2 is 1.79 bits per heavy atom. The highest BCUT2D eigenvalue weighted by molar-refractivity contribution is 9.10. The first-order valence-corrected chi connectivity index (χ1v) is 7.34. The van der Waals surface area contributed by atoms with Crippen molar-refractivity contribution in [1.29, 1.82) is 0 Å². The van der Waals surface area contributed by atoms with E-state index in [2.05, 4.69) is 41.9 Å². The quantitative estimate of drug-likeness (QED) is 0.834. The van der Waals surface area contributed by atoms with Gasteiger partial charge >= 0.3 is 0 Å². The van der Waals surface area contributed by atoms with Gasteiger partial charge in [-0.1, -0.05) is 35.9 Å². The minimum atomic E-state index is -0.520. The zero-order chi connectivity index (χ0) is 14.0. The topological polar surface area (TPSA) is 20.2 Å². The molecule has 0 aliphatic heterocycles. The highest BCUT2D eigenvalue weighted by Gasteiger charge is 2.13. The van der Waals surface area contributed by atoms with Crippen molar-refractivity contribution in [3.63, 3.8) is 0 Å². The summed E-state index contributed by atoms with van der Waals surface area (Å²) in [7, 11) is 0. The fourth-order valence-corrected chi connectivity index (χ4v) is 2.72. The highest BCUT2D eigenvalue weighted by atomic mass is 79.9. The summed E-state index contributed by atoms with van der Waals surface area (Å²) in [5, 5.41) is 11.0. The lowest BCUT2D eigenvalue weighted by Crippen LogP contribution is -2.05. The summed E-state index contributed by atoms with van der Waals surface area (Å²) in [5.41, 5.74) is 4.51. The summed E-state index contributed by atoms with van der Waals surface area (Å²) in [5.74, 6) is 0. The minimum Gasteiger partial charge on any atom is -0.388 e. The maximum Gasteiger partial charge on any atom is 0.0830 e. The van der Waals surface area contributed by atoms with Gasteiger partial charge in [-0.3, -0.25) is 0 Å². The number of rotatable bonds is 3. The molecule has 0 heterocycles. The summed E-state index contributed by atoms with van der Waals surface area (Å²) >= 11 is 9.35. The van der Waals surface area contributed by atoms with Crippen LogP contribution in [0, 0.1) is 13.8 Å². The summed E-state index contributed by atoms with van der Waals surface area (Å²) in [6.45, 7) is 4.15. The van der Waals surface area contributed by atoms with Crippen molar-refractivity contribution in [2.24, 2.45) is 0 Å². The van der Waals surface area contributed by atoms with Gasteiger partial charge in [0.25, 0.3) is 0 Å². The van der Waals surface area contributed by atoms with Crippen LogP contribution in [-0.4, -0.2) is 5.11 Å². The van der Waals surface area contributed by atoms with E-state index in [9.17, 15) is 5.11 Å². The van der Waals surface area contributed by atoms with E-state index in [-0.39, 0.29) is 0 Å². The van der Waals surface area contributed by atoms with Crippen LogP contribution < -0.4 is 0 Å². The Morgan fingerprint density at radius 3 is 2.37 bits per heavy atom. The SMILES string of the molecule is Cc1cccc(C)c1CC(O)c1ccc(Cl)c(Br)c1. The van der Waals surface area contributed by atoms with Crippen molar-refractivity contribution >= 4 is 27.5 Å². The molecular weight excluding hydrogens is 324 g/mol. The van der Waals surface area contributed by atoms with E-state index in [0.717, 1.165) is 10.0 Å². The molecule has 3 heteroatoms. The number of aliphatic hydroxyl groups is 1. The second kappa shape index (κ2) is 6.08. The molecule has 1 unspecified atom stereocenters. The zero-order valence-electron chi connectivity index (χ0n) is 11.0. The molecule has 0 saturated carbocycles. The van der Waals surface area contributed by atoms with E-state index in [1.54, 1.807) is 6.07 Å². The third kappa shape index (κ3) is 3.38. The average molecular weight is 340 g/mol. The van der Waals surface area contributed by atoms with Crippen molar-refractivity contribution in [1.82, 2.24) is 0 Å². The number of hydrogen-bond donors (Lipinski definition) is 1. The van der Waals surface area contributed by atoms with Crippen LogP contribution in [0.1, 0.15) is 28.4 Å². The zero-order valence-corrected chi connectivity index (χ0v) is 13.3. The molecule has 2 aromatic rings. The van der Waals surface area contributed by atoms with Crippen LogP contribution in [0.2, 0.25) is 5.02 Å². The molecule has 2 rings (SSSR count). The van der Waals surface area contributed by atoms with Crippen LogP contribution >= 0.6 is 27.5 Å². The fraction of sp³-hybridized carbons (Fsp3) is 0.250. The van der Waals surface area contributed by atoms with Crippen molar-refractivity contribution < 1.29 is 5.11 Å². The van der Waals surface area contributed by atoms with Gasteiger partial charge in [-0.05, 0) is 64.2 Å². The molecule has 19 heavy (non-hydrogen) atoms. The summed E-state index contributed by atoms with van der Waals surface area (Å²) in [6.07, 6.45) is 0.0976. The predicted octanol–water partition coefficient (Wildman–Crippen LogP) is 5.00. The molecule has 0 bridgehead atoms. The first-order valence-electron chi connectivity index (χ1n) is 6.17. The van der Waals surface area contributed by atoms with Gasteiger partial charge in [0.1, 0.15) is 0 Å². The van der Waals surface area contributed by atoms with Crippen LogP contribution in [0.15, 0.2) is 40.9 Å². The van der Waals surface area contributed by atoms with Crippen molar-refractivity contribution in [2.75, 3.05) is 0 Å². The number of benzene rings is 2. The molecule has 2 aromatic carbocycles. The smallest absolute Gasteiger partial charge is 0.0830 e. The van der Waals surface area contributed by atoms with Gasteiger partial charge in [-0.2, -0.15) is 0 Å². The molecule has 0 aromatic heterocycles. The van der Waals surface area contributed by atoms with Crippen LogP contribution in [0.3, 0.4) is 0 Å². The van der Waals surface area contributed by atoms with E-state index >= 15 is 0 Å². The number of halogens is 2. The molecule has 0 radical (unpaired) electrons. The lowest BCUT2D eigenvalue weighted by atomic mass is 9.95. The molecule has 0 aliphatic rings. The van der Waals surface area contributed by atoms with Crippen molar-refractivity contribution in [2.45, 2.75) is 26.4 Å². The Hall–Kier alpha value is -0.830. The minimum absolute atomic E-state index is 0.520. The predicted molar refractivity (Wildman–Crippen MR) is 83.7 cm³/mol. The monoisotopic (exact) mass is 338 g/mol. The van der Waals surface area contributed by atoms with E-state index in [1.807, 2.05) is 18.2 Å². The summed E-state index contributed by atoms with van der Waals surface area (Å²) < 4.78 is 0.812. The molecule has 0 spiro atoms. The van der Waals surface area contributed by atoms with Crippen LogP contribution in [0.4, 0.5) is 0 Å². The first kappa shape index (κ1) is 14.6. The van der Waals surface area contributed by atoms with E-state index in [4.69, 9.17) is 11.6 Å². The lowest BCUT2D eigenvalue weighted by molar-refractivity contribution is 0.178. The van der Waals surface area contributed by atoms with Gasteiger partial charge in [-0.15, -0.1) is 0 Å². The lowest BCUT2D eigenvalue weighted by Gasteiger charge is -2.15. The first-order chi connectivity index (χ1) is 8.99. The third-order valence-corrected chi connectivity index (χ3v) is 4.58.